The van der Waals surface area contributed by atoms with Crippen molar-refractivity contribution in [3.63, 3.8) is 0 Å². The van der Waals surface area contributed by atoms with Gasteiger partial charge in [-0.1, -0.05) is 13.8 Å². The Kier molecular flexibility index (Phi) is 4.84. The Bertz CT molecular complexity index is 250. The summed E-state index contributed by atoms with van der Waals surface area (Å²) in [5, 5.41) is 7.23. The van der Waals surface area contributed by atoms with Crippen LogP contribution in [0.5, 0.6) is 0 Å². The van der Waals surface area contributed by atoms with E-state index in [1.165, 1.54) is 57.6 Å². The largest absolute Gasteiger partial charge is 0.301 e. The molecule has 0 unspecified atom stereocenters. The van der Waals surface area contributed by atoms with Crippen LogP contribution >= 0.6 is 0 Å². The van der Waals surface area contributed by atoms with Crippen LogP contribution in [0.3, 0.4) is 0 Å². The predicted octanol–water partition coefficient (Wildman–Crippen LogP) is 2.72. The van der Waals surface area contributed by atoms with E-state index in [-0.39, 0.29) is 0 Å². The van der Waals surface area contributed by atoms with Gasteiger partial charge in [-0.3, -0.25) is 5.01 Å². The van der Waals surface area contributed by atoms with E-state index in [2.05, 4.69) is 23.8 Å². The molecule has 0 amide bonds. The molecule has 0 spiro atoms. The highest BCUT2D eigenvalue weighted by molar-refractivity contribution is 5.83. The summed E-state index contributed by atoms with van der Waals surface area (Å²) in [6.07, 6.45) is 7.65. The van der Waals surface area contributed by atoms with Gasteiger partial charge in [0.05, 0.1) is 6.04 Å². The lowest BCUT2D eigenvalue weighted by Gasteiger charge is -2.27. The second-order valence-electron chi connectivity index (χ2n) is 5.34. The van der Waals surface area contributed by atoms with Crippen LogP contribution in [0.15, 0.2) is 5.10 Å². The van der Waals surface area contributed by atoms with Crippen molar-refractivity contribution in [1.82, 2.24) is 9.91 Å². The fourth-order valence-electron chi connectivity index (χ4n) is 2.97. The first kappa shape index (κ1) is 12.9. The summed E-state index contributed by atoms with van der Waals surface area (Å²) in [5.41, 5.74) is 1.36. The van der Waals surface area contributed by atoms with E-state index in [4.69, 9.17) is 5.10 Å². The zero-order chi connectivity index (χ0) is 12.1. The van der Waals surface area contributed by atoms with Gasteiger partial charge in [0.2, 0.25) is 0 Å². The minimum absolute atomic E-state index is 0.682. The summed E-state index contributed by atoms with van der Waals surface area (Å²) in [5.74, 6) is 0. The van der Waals surface area contributed by atoms with Crippen molar-refractivity contribution < 1.29 is 0 Å². The van der Waals surface area contributed by atoms with Gasteiger partial charge in [0.1, 0.15) is 0 Å². The molecule has 0 aromatic carbocycles. The SMILES string of the molecule is CCC(CC)=NN1CCC[C@H]1CN1CCCC1. The summed E-state index contributed by atoms with van der Waals surface area (Å²) < 4.78 is 0. The molecule has 2 fully saturated rings. The third-order valence-electron chi connectivity index (χ3n) is 4.10. The van der Waals surface area contributed by atoms with Gasteiger partial charge < -0.3 is 4.90 Å². The van der Waals surface area contributed by atoms with Gasteiger partial charge in [0, 0.05) is 18.8 Å². The van der Waals surface area contributed by atoms with Gasteiger partial charge in [-0.05, 0) is 51.6 Å². The lowest BCUT2D eigenvalue weighted by atomic mass is 10.2. The molecule has 3 nitrogen and oxygen atoms in total. The zero-order valence-electron chi connectivity index (χ0n) is 11.5. The van der Waals surface area contributed by atoms with E-state index in [1.54, 1.807) is 0 Å². The molecule has 3 heteroatoms. The van der Waals surface area contributed by atoms with E-state index >= 15 is 0 Å². The minimum atomic E-state index is 0.682. The summed E-state index contributed by atoms with van der Waals surface area (Å²) in [6.45, 7) is 9.46. The lowest BCUT2D eigenvalue weighted by Crippen LogP contribution is -2.37. The fraction of sp³-hybridized carbons (Fsp3) is 0.929. The summed E-state index contributed by atoms with van der Waals surface area (Å²) >= 11 is 0. The predicted molar refractivity (Wildman–Crippen MR) is 73.4 cm³/mol. The second-order valence-corrected chi connectivity index (χ2v) is 5.34. The van der Waals surface area contributed by atoms with E-state index in [0.29, 0.717) is 6.04 Å². The van der Waals surface area contributed by atoms with Crippen LogP contribution in [-0.4, -0.2) is 47.8 Å². The Morgan fingerprint density at radius 2 is 1.76 bits per heavy atom. The van der Waals surface area contributed by atoms with Crippen LogP contribution in [0.2, 0.25) is 0 Å². The molecule has 2 heterocycles. The van der Waals surface area contributed by atoms with Crippen molar-refractivity contribution in [2.75, 3.05) is 26.2 Å². The maximum atomic E-state index is 4.86. The zero-order valence-corrected chi connectivity index (χ0v) is 11.5. The first-order valence-corrected chi connectivity index (χ1v) is 7.38. The van der Waals surface area contributed by atoms with Crippen LogP contribution in [0, 0.1) is 0 Å². The van der Waals surface area contributed by atoms with Crippen molar-refractivity contribution in [3.05, 3.63) is 0 Å². The second kappa shape index (κ2) is 6.39. The highest BCUT2D eigenvalue weighted by Crippen LogP contribution is 2.21. The summed E-state index contributed by atoms with van der Waals surface area (Å²) in [7, 11) is 0. The van der Waals surface area contributed by atoms with Crippen LogP contribution < -0.4 is 0 Å². The van der Waals surface area contributed by atoms with Crippen LogP contribution in [0.4, 0.5) is 0 Å². The van der Waals surface area contributed by atoms with Gasteiger partial charge in [0.15, 0.2) is 0 Å². The molecular weight excluding hydrogens is 210 g/mol. The molecule has 17 heavy (non-hydrogen) atoms. The molecule has 0 N–H and O–H groups in total. The Morgan fingerprint density at radius 3 is 2.41 bits per heavy atom. The molecule has 0 radical (unpaired) electrons. The number of nitrogens with zero attached hydrogens (tertiary/aromatic N) is 3. The third kappa shape index (κ3) is 3.44. The molecule has 2 aliphatic heterocycles. The van der Waals surface area contributed by atoms with Crippen LogP contribution in [-0.2, 0) is 0 Å². The number of hydrazone groups is 1. The molecule has 0 aromatic heterocycles. The molecule has 2 rings (SSSR count). The fourth-order valence-corrected chi connectivity index (χ4v) is 2.97. The number of hydrogen-bond acceptors (Lipinski definition) is 3. The Morgan fingerprint density at radius 1 is 1.06 bits per heavy atom. The van der Waals surface area contributed by atoms with Crippen molar-refractivity contribution in [2.24, 2.45) is 5.10 Å². The van der Waals surface area contributed by atoms with E-state index in [9.17, 15) is 0 Å². The average molecular weight is 237 g/mol. The molecular formula is C14H27N3. The number of rotatable bonds is 5. The van der Waals surface area contributed by atoms with Gasteiger partial charge in [0.25, 0.3) is 0 Å². The van der Waals surface area contributed by atoms with Crippen LogP contribution in [0.25, 0.3) is 0 Å². The molecule has 1 atom stereocenters. The molecule has 0 aromatic rings. The molecule has 0 saturated carbocycles. The van der Waals surface area contributed by atoms with Crippen molar-refractivity contribution >= 4 is 5.71 Å². The normalized spacial score (nSPS) is 25.5. The maximum absolute atomic E-state index is 4.86. The van der Waals surface area contributed by atoms with E-state index in [1.807, 2.05) is 0 Å². The van der Waals surface area contributed by atoms with Gasteiger partial charge in [-0.2, -0.15) is 5.10 Å². The highest BCUT2D eigenvalue weighted by Gasteiger charge is 2.26. The summed E-state index contributed by atoms with van der Waals surface area (Å²) in [6, 6.07) is 0.682. The standard InChI is InChI=1S/C14H27N3/c1-3-13(4-2)15-17-11-7-8-14(17)12-16-9-5-6-10-16/h14H,3-12H2,1-2H3/t14-/m0/s1. The lowest BCUT2D eigenvalue weighted by molar-refractivity contribution is 0.197. The smallest absolute Gasteiger partial charge is 0.0598 e. The molecule has 98 valence electrons. The Balaban J connectivity index is 1.89. The van der Waals surface area contributed by atoms with E-state index in [0.717, 1.165) is 12.8 Å². The van der Waals surface area contributed by atoms with Crippen molar-refractivity contribution in [3.8, 4) is 0 Å². The average Bonchev–Trinajstić information content (AvgIpc) is 2.99. The summed E-state index contributed by atoms with van der Waals surface area (Å²) in [4.78, 5) is 2.62. The molecule has 2 saturated heterocycles. The first-order chi connectivity index (χ1) is 8.33. The van der Waals surface area contributed by atoms with Gasteiger partial charge in [-0.15, -0.1) is 0 Å². The quantitative estimate of drug-likeness (QED) is 0.685. The third-order valence-corrected chi connectivity index (χ3v) is 4.10. The minimum Gasteiger partial charge on any atom is -0.301 e. The topological polar surface area (TPSA) is 18.8 Å². The Labute approximate surface area is 106 Å². The van der Waals surface area contributed by atoms with Gasteiger partial charge >= 0.3 is 0 Å². The number of hydrogen-bond donors (Lipinski definition) is 0. The number of likely N-dealkylation sites (tertiary alicyclic amines) is 1. The van der Waals surface area contributed by atoms with Gasteiger partial charge in [-0.25, -0.2) is 0 Å². The monoisotopic (exact) mass is 237 g/mol. The highest BCUT2D eigenvalue weighted by atomic mass is 15.5. The van der Waals surface area contributed by atoms with Crippen molar-refractivity contribution in [2.45, 2.75) is 58.4 Å². The van der Waals surface area contributed by atoms with Crippen LogP contribution in [0.1, 0.15) is 52.4 Å². The molecule has 0 aliphatic carbocycles. The van der Waals surface area contributed by atoms with Crippen molar-refractivity contribution in [1.29, 1.82) is 0 Å². The maximum Gasteiger partial charge on any atom is 0.0598 e. The van der Waals surface area contributed by atoms with E-state index < -0.39 is 0 Å². The molecule has 0 bridgehead atoms. The molecule has 2 aliphatic rings. The Hall–Kier alpha value is -0.570. The first-order valence-electron chi connectivity index (χ1n) is 7.38.